The van der Waals surface area contributed by atoms with Gasteiger partial charge in [0.25, 0.3) is 10.0 Å². The topological polar surface area (TPSA) is 78.5 Å². The van der Waals surface area contributed by atoms with Crippen molar-refractivity contribution in [2.45, 2.75) is 24.7 Å². The van der Waals surface area contributed by atoms with Crippen LogP contribution in [-0.4, -0.2) is 41.0 Å². The molecule has 6 nitrogen and oxygen atoms in total. The number of benzene rings is 2. The van der Waals surface area contributed by atoms with Gasteiger partial charge in [-0.3, -0.25) is 9.10 Å². The highest BCUT2D eigenvalue weighted by Crippen LogP contribution is 2.24. The van der Waals surface area contributed by atoms with Crippen LogP contribution in [0.15, 0.2) is 59.5 Å². The molecule has 0 aliphatic carbocycles. The quantitative estimate of drug-likeness (QED) is 0.574. The number of nitrogens with one attached hydrogen (secondary N) is 2. The van der Waals surface area contributed by atoms with Gasteiger partial charge in [-0.1, -0.05) is 35.9 Å². The van der Waals surface area contributed by atoms with Gasteiger partial charge in [-0.2, -0.15) is 0 Å². The molecule has 28 heavy (non-hydrogen) atoms. The standard InChI is InChI=1S/C20H27N3O3S.ClH/c1-17-9-11-19(12-10-17)27(25,26)23(18-7-4-3-5-8-18)16-13-20(24)22-15-6-14-21-2;/h3-5,7-12,21H,6,13-16H2,1-2H3,(H,22,24);1H. The summed E-state index contributed by atoms with van der Waals surface area (Å²) in [7, 11) is -1.90. The first-order valence-electron chi connectivity index (χ1n) is 9.01. The van der Waals surface area contributed by atoms with Gasteiger partial charge in [-0.25, -0.2) is 8.42 Å². The van der Waals surface area contributed by atoms with E-state index in [9.17, 15) is 13.2 Å². The average molecular weight is 426 g/mol. The van der Waals surface area contributed by atoms with Crippen LogP contribution < -0.4 is 14.9 Å². The molecular formula is C20H28ClN3O3S. The number of halogens is 1. The normalized spacial score (nSPS) is 10.8. The van der Waals surface area contributed by atoms with Gasteiger partial charge < -0.3 is 10.6 Å². The number of amides is 1. The Labute approximate surface area is 173 Å². The van der Waals surface area contributed by atoms with E-state index >= 15 is 0 Å². The smallest absolute Gasteiger partial charge is 0.264 e. The number of carbonyl (C=O) groups is 1. The van der Waals surface area contributed by atoms with Crippen molar-refractivity contribution in [3.05, 3.63) is 60.2 Å². The summed E-state index contributed by atoms with van der Waals surface area (Å²) in [5.74, 6) is -0.161. The molecular weight excluding hydrogens is 398 g/mol. The first-order chi connectivity index (χ1) is 12.9. The lowest BCUT2D eigenvalue weighted by molar-refractivity contribution is -0.120. The second-order valence-electron chi connectivity index (χ2n) is 6.28. The van der Waals surface area contributed by atoms with E-state index in [1.165, 1.54) is 4.31 Å². The van der Waals surface area contributed by atoms with Crippen LogP contribution in [-0.2, 0) is 14.8 Å². The molecule has 0 aliphatic heterocycles. The number of aryl methyl sites for hydroxylation is 1. The fourth-order valence-electron chi connectivity index (χ4n) is 2.60. The van der Waals surface area contributed by atoms with E-state index in [2.05, 4.69) is 10.6 Å². The molecule has 0 radical (unpaired) electrons. The zero-order valence-electron chi connectivity index (χ0n) is 16.2. The van der Waals surface area contributed by atoms with Gasteiger partial charge in [0.1, 0.15) is 0 Å². The van der Waals surface area contributed by atoms with Crippen molar-refractivity contribution in [3.63, 3.8) is 0 Å². The molecule has 2 N–H and O–H groups in total. The Hall–Kier alpha value is -2.09. The van der Waals surface area contributed by atoms with Gasteiger partial charge in [0.05, 0.1) is 10.6 Å². The Morgan fingerprint density at radius 3 is 2.25 bits per heavy atom. The minimum absolute atomic E-state index is 0. The number of carbonyl (C=O) groups excluding carboxylic acids is 1. The molecule has 8 heteroatoms. The molecule has 0 aliphatic rings. The maximum atomic E-state index is 13.1. The van der Waals surface area contributed by atoms with Crippen molar-refractivity contribution in [1.29, 1.82) is 0 Å². The summed E-state index contributed by atoms with van der Waals surface area (Å²) < 4.78 is 27.6. The minimum Gasteiger partial charge on any atom is -0.356 e. The van der Waals surface area contributed by atoms with Crippen LogP contribution in [0.3, 0.4) is 0 Å². The molecule has 2 aromatic rings. The molecule has 0 bridgehead atoms. The van der Waals surface area contributed by atoms with Gasteiger partial charge in [0, 0.05) is 19.5 Å². The Morgan fingerprint density at radius 1 is 1.00 bits per heavy atom. The summed E-state index contributed by atoms with van der Waals surface area (Å²) in [6.07, 6.45) is 0.922. The van der Waals surface area contributed by atoms with Gasteiger partial charge in [0.2, 0.25) is 5.91 Å². The SMILES string of the molecule is CNCCCNC(=O)CCN(c1ccccc1)S(=O)(=O)c1ccc(C)cc1.Cl. The van der Waals surface area contributed by atoms with Crippen LogP contribution in [0.1, 0.15) is 18.4 Å². The fourth-order valence-corrected chi connectivity index (χ4v) is 4.07. The Bertz CT molecular complexity index is 828. The molecule has 0 atom stereocenters. The van der Waals surface area contributed by atoms with Crippen LogP contribution in [0, 0.1) is 6.92 Å². The number of nitrogens with zero attached hydrogens (tertiary/aromatic N) is 1. The van der Waals surface area contributed by atoms with Gasteiger partial charge in [-0.15, -0.1) is 12.4 Å². The maximum Gasteiger partial charge on any atom is 0.264 e. The monoisotopic (exact) mass is 425 g/mol. The van der Waals surface area contributed by atoms with Crippen LogP contribution >= 0.6 is 12.4 Å². The van der Waals surface area contributed by atoms with Crippen molar-refractivity contribution in [2.75, 3.05) is 31.0 Å². The molecule has 0 saturated carbocycles. The van der Waals surface area contributed by atoms with Crippen LogP contribution in [0.4, 0.5) is 5.69 Å². The summed E-state index contributed by atoms with van der Waals surface area (Å²) in [5.41, 5.74) is 1.53. The molecule has 0 unspecified atom stereocenters. The van der Waals surface area contributed by atoms with E-state index in [1.54, 1.807) is 48.5 Å². The lowest BCUT2D eigenvalue weighted by atomic mass is 10.2. The molecule has 0 aromatic heterocycles. The maximum absolute atomic E-state index is 13.1. The summed E-state index contributed by atoms with van der Waals surface area (Å²) in [6, 6.07) is 15.6. The average Bonchev–Trinajstić information content (AvgIpc) is 2.66. The summed E-state index contributed by atoms with van der Waals surface area (Å²) in [5, 5.41) is 5.84. The molecule has 0 spiro atoms. The first-order valence-corrected chi connectivity index (χ1v) is 10.4. The molecule has 154 valence electrons. The van der Waals surface area contributed by atoms with Gasteiger partial charge >= 0.3 is 0 Å². The Morgan fingerprint density at radius 2 is 1.64 bits per heavy atom. The second kappa shape index (κ2) is 11.7. The van der Waals surface area contributed by atoms with E-state index in [1.807, 2.05) is 20.0 Å². The third-order valence-electron chi connectivity index (χ3n) is 4.12. The highest BCUT2D eigenvalue weighted by molar-refractivity contribution is 7.92. The number of hydrogen-bond acceptors (Lipinski definition) is 4. The third kappa shape index (κ3) is 6.82. The van der Waals surface area contributed by atoms with Crippen LogP contribution in [0.2, 0.25) is 0 Å². The Balaban J connectivity index is 0.00000392. The predicted octanol–water partition coefficient (Wildman–Crippen LogP) is 2.73. The molecule has 0 fully saturated rings. The molecule has 0 heterocycles. The van der Waals surface area contributed by atoms with Gasteiger partial charge in [-0.05, 0) is 51.2 Å². The predicted molar refractivity (Wildman–Crippen MR) is 116 cm³/mol. The number of sulfonamides is 1. The summed E-state index contributed by atoms with van der Waals surface area (Å²) >= 11 is 0. The van der Waals surface area contributed by atoms with Crippen LogP contribution in [0.5, 0.6) is 0 Å². The Kier molecular flexibility index (Phi) is 9.99. The van der Waals surface area contributed by atoms with Crippen LogP contribution in [0.25, 0.3) is 0 Å². The lowest BCUT2D eigenvalue weighted by Crippen LogP contribution is -2.35. The highest BCUT2D eigenvalue weighted by Gasteiger charge is 2.25. The van der Waals surface area contributed by atoms with Gasteiger partial charge in [0.15, 0.2) is 0 Å². The number of hydrogen-bond donors (Lipinski definition) is 2. The number of rotatable bonds is 10. The zero-order valence-corrected chi connectivity index (χ0v) is 17.9. The van der Waals surface area contributed by atoms with Crippen molar-refractivity contribution in [3.8, 4) is 0 Å². The zero-order chi connectivity index (χ0) is 19.7. The molecule has 1 amide bonds. The van der Waals surface area contributed by atoms with E-state index < -0.39 is 10.0 Å². The van der Waals surface area contributed by atoms with E-state index in [0.717, 1.165) is 18.5 Å². The molecule has 2 aromatic carbocycles. The molecule has 0 saturated heterocycles. The fraction of sp³-hybridized carbons (Fsp3) is 0.350. The number of anilines is 1. The summed E-state index contributed by atoms with van der Waals surface area (Å²) in [4.78, 5) is 12.3. The highest BCUT2D eigenvalue weighted by atomic mass is 35.5. The summed E-state index contributed by atoms with van der Waals surface area (Å²) in [6.45, 7) is 3.37. The van der Waals surface area contributed by atoms with E-state index in [0.29, 0.717) is 12.2 Å². The lowest BCUT2D eigenvalue weighted by Gasteiger charge is -2.24. The van der Waals surface area contributed by atoms with E-state index in [-0.39, 0.29) is 36.2 Å². The third-order valence-corrected chi connectivity index (χ3v) is 5.96. The van der Waals surface area contributed by atoms with Crippen molar-refractivity contribution in [1.82, 2.24) is 10.6 Å². The first kappa shape index (κ1) is 23.9. The largest absolute Gasteiger partial charge is 0.356 e. The molecule has 2 rings (SSSR count). The number of para-hydroxylation sites is 1. The van der Waals surface area contributed by atoms with Crippen molar-refractivity contribution >= 4 is 34.0 Å². The van der Waals surface area contributed by atoms with E-state index in [4.69, 9.17) is 0 Å². The minimum atomic E-state index is -3.75. The second-order valence-corrected chi connectivity index (χ2v) is 8.15. The van der Waals surface area contributed by atoms with Crippen molar-refractivity contribution in [2.24, 2.45) is 0 Å². The van der Waals surface area contributed by atoms with Crippen molar-refractivity contribution < 1.29 is 13.2 Å².